The number of ether oxygens (including phenoxy) is 1. The van der Waals surface area contributed by atoms with E-state index in [-0.39, 0.29) is 11.7 Å². The number of hydrogen-bond donors (Lipinski definition) is 1. The number of methoxy groups -OCH3 is 1. The topological polar surface area (TPSA) is 55.4 Å². The Morgan fingerprint density at radius 2 is 2.22 bits per heavy atom. The minimum Gasteiger partial charge on any atom is -0.497 e. The molecule has 1 N–H and O–H groups in total. The van der Waals surface area contributed by atoms with Crippen molar-refractivity contribution in [3.8, 4) is 5.75 Å². The number of carbonyl (C=O) groups excluding carboxylic acids is 2. The summed E-state index contributed by atoms with van der Waals surface area (Å²) in [6, 6.07) is 6.64. The fourth-order valence-corrected chi connectivity index (χ4v) is 2.15. The molecule has 0 bridgehead atoms. The maximum absolute atomic E-state index is 12.3. The van der Waals surface area contributed by atoms with Gasteiger partial charge in [0.25, 0.3) is 0 Å². The monoisotopic (exact) mass is 247 g/mol. The molecule has 4 heteroatoms. The van der Waals surface area contributed by atoms with Crippen molar-refractivity contribution in [3.63, 3.8) is 0 Å². The van der Waals surface area contributed by atoms with Gasteiger partial charge >= 0.3 is 0 Å². The van der Waals surface area contributed by atoms with Crippen molar-refractivity contribution in [2.45, 2.75) is 31.7 Å². The third-order valence-electron chi connectivity index (χ3n) is 3.15. The number of ketones is 1. The minimum absolute atomic E-state index is 0.0336. The van der Waals surface area contributed by atoms with Crippen molar-refractivity contribution in [1.29, 1.82) is 0 Å². The van der Waals surface area contributed by atoms with Crippen LogP contribution in [-0.2, 0) is 4.79 Å². The van der Waals surface area contributed by atoms with Gasteiger partial charge in [0.1, 0.15) is 5.75 Å². The number of amides is 1. The van der Waals surface area contributed by atoms with Crippen LogP contribution in [0.1, 0.15) is 36.0 Å². The van der Waals surface area contributed by atoms with E-state index in [0.717, 1.165) is 12.8 Å². The first kappa shape index (κ1) is 12.6. The first-order valence-electron chi connectivity index (χ1n) is 6.18. The Hall–Kier alpha value is -1.84. The van der Waals surface area contributed by atoms with Gasteiger partial charge in [0, 0.05) is 12.0 Å². The SMILES string of the molecule is COc1cccc(C(=O)C2CCCCC(=O)N2)c1. The van der Waals surface area contributed by atoms with Crippen LogP contribution in [0, 0.1) is 0 Å². The van der Waals surface area contributed by atoms with Gasteiger partial charge in [0.2, 0.25) is 5.91 Å². The molecule has 1 heterocycles. The van der Waals surface area contributed by atoms with E-state index >= 15 is 0 Å². The van der Waals surface area contributed by atoms with E-state index < -0.39 is 6.04 Å². The maximum Gasteiger partial charge on any atom is 0.220 e. The van der Waals surface area contributed by atoms with Gasteiger partial charge < -0.3 is 10.1 Å². The average Bonchev–Trinajstić information content (AvgIpc) is 2.62. The molecule has 1 saturated heterocycles. The van der Waals surface area contributed by atoms with E-state index in [4.69, 9.17) is 4.74 Å². The van der Waals surface area contributed by atoms with Gasteiger partial charge in [-0.15, -0.1) is 0 Å². The van der Waals surface area contributed by atoms with Crippen LogP contribution in [0.4, 0.5) is 0 Å². The molecular formula is C14H17NO3. The van der Waals surface area contributed by atoms with E-state index in [2.05, 4.69) is 5.32 Å². The highest BCUT2D eigenvalue weighted by Crippen LogP contribution is 2.17. The van der Waals surface area contributed by atoms with E-state index in [1.165, 1.54) is 0 Å². The van der Waals surface area contributed by atoms with Crippen molar-refractivity contribution in [2.75, 3.05) is 7.11 Å². The molecule has 1 aliphatic heterocycles. The fourth-order valence-electron chi connectivity index (χ4n) is 2.15. The van der Waals surface area contributed by atoms with Crippen molar-refractivity contribution < 1.29 is 14.3 Å². The predicted molar refractivity (Wildman–Crippen MR) is 67.7 cm³/mol. The highest BCUT2D eigenvalue weighted by Gasteiger charge is 2.24. The van der Waals surface area contributed by atoms with Crippen molar-refractivity contribution >= 4 is 11.7 Å². The molecule has 1 unspecified atom stereocenters. The maximum atomic E-state index is 12.3. The number of hydrogen-bond acceptors (Lipinski definition) is 3. The summed E-state index contributed by atoms with van der Waals surface area (Å²) in [7, 11) is 1.57. The molecule has 1 amide bonds. The molecule has 0 spiro atoms. The summed E-state index contributed by atoms with van der Waals surface area (Å²) in [5.41, 5.74) is 0.585. The van der Waals surface area contributed by atoms with Crippen LogP contribution in [0.5, 0.6) is 5.75 Å². The second-order valence-electron chi connectivity index (χ2n) is 4.46. The Morgan fingerprint density at radius 3 is 3.00 bits per heavy atom. The Bertz CT molecular complexity index is 456. The van der Waals surface area contributed by atoms with Gasteiger partial charge in [-0.1, -0.05) is 18.6 Å². The molecule has 0 aliphatic carbocycles. The van der Waals surface area contributed by atoms with E-state index in [9.17, 15) is 9.59 Å². The molecule has 0 saturated carbocycles. The summed E-state index contributed by atoms with van der Waals surface area (Å²) in [4.78, 5) is 23.8. The third-order valence-corrected chi connectivity index (χ3v) is 3.15. The highest BCUT2D eigenvalue weighted by atomic mass is 16.5. The predicted octanol–water partition coefficient (Wildman–Crippen LogP) is 1.94. The van der Waals surface area contributed by atoms with Crippen molar-refractivity contribution in [3.05, 3.63) is 29.8 Å². The zero-order chi connectivity index (χ0) is 13.0. The normalized spacial score (nSPS) is 19.8. The lowest BCUT2D eigenvalue weighted by Crippen LogP contribution is -2.39. The Balaban J connectivity index is 2.16. The van der Waals surface area contributed by atoms with Crippen LogP contribution in [-0.4, -0.2) is 24.8 Å². The van der Waals surface area contributed by atoms with Crippen LogP contribution >= 0.6 is 0 Å². The molecule has 0 radical (unpaired) electrons. The molecule has 18 heavy (non-hydrogen) atoms. The second-order valence-corrected chi connectivity index (χ2v) is 4.46. The Kier molecular flexibility index (Phi) is 3.97. The van der Waals surface area contributed by atoms with Gasteiger partial charge in [-0.25, -0.2) is 0 Å². The molecule has 1 aromatic carbocycles. The van der Waals surface area contributed by atoms with Gasteiger partial charge in [-0.2, -0.15) is 0 Å². The lowest BCUT2D eigenvalue weighted by molar-refractivity contribution is -0.121. The first-order valence-corrected chi connectivity index (χ1v) is 6.18. The van der Waals surface area contributed by atoms with Crippen LogP contribution in [0.3, 0.4) is 0 Å². The first-order chi connectivity index (χ1) is 8.70. The highest BCUT2D eigenvalue weighted by molar-refractivity contribution is 6.02. The van der Waals surface area contributed by atoms with Gasteiger partial charge in [-0.3, -0.25) is 9.59 Å². The number of carbonyl (C=O) groups is 2. The standard InChI is InChI=1S/C14H17NO3/c1-18-11-6-4-5-10(9-11)14(17)12-7-2-3-8-13(16)15-12/h4-6,9,12H,2-3,7-8H2,1H3,(H,15,16). The molecular weight excluding hydrogens is 230 g/mol. The van der Waals surface area contributed by atoms with Crippen LogP contribution in [0.2, 0.25) is 0 Å². The third kappa shape index (κ3) is 2.88. The summed E-state index contributed by atoms with van der Waals surface area (Å²) < 4.78 is 5.10. The smallest absolute Gasteiger partial charge is 0.220 e. The number of nitrogens with one attached hydrogen (secondary N) is 1. The largest absolute Gasteiger partial charge is 0.497 e. The van der Waals surface area contributed by atoms with E-state index in [1.54, 1.807) is 31.4 Å². The number of rotatable bonds is 3. The number of Topliss-reactive ketones (excluding diaryl/α,β-unsaturated/α-hetero) is 1. The summed E-state index contributed by atoms with van der Waals surface area (Å²) >= 11 is 0. The lowest BCUT2D eigenvalue weighted by Gasteiger charge is -2.14. The summed E-state index contributed by atoms with van der Waals surface area (Å²) in [6.07, 6.45) is 2.98. The molecule has 1 aliphatic rings. The van der Waals surface area contributed by atoms with E-state index in [0.29, 0.717) is 24.2 Å². The second kappa shape index (κ2) is 5.67. The summed E-state index contributed by atoms with van der Waals surface area (Å²) in [5.74, 6) is 0.582. The summed E-state index contributed by atoms with van der Waals surface area (Å²) in [6.45, 7) is 0. The average molecular weight is 247 g/mol. The lowest BCUT2D eigenvalue weighted by atomic mass is 10.0. The van der Waals surface area contributed by atoms with E-state index in [1.807, 2.05) is 0 Å². The van der Waals surface area contributed by atoms with Gasteiger partial charge in [-0.05, 0) is 25.0 Å². The fraction of sp³-hybridized carbons (Fsp3) is 0.429. The Morgan fingerprint density at radius 1 is 1.39 bits per heavy atom. The summed E-state index contributed by atoms with van der Waals surface area (Å²) in [5, 5.41) is 2.79. The van der Waals surface area contributed by atoms with Gasteiger partial charge in [0.05, 0.1) is 13.2 Å². The zero-order valence-corrected chi connectivity index (χ0v) is 10.4. The molecule has 1 aromatic rings. The van der Waals surface area contributed by atoms with Gasteiger partial charge in [0.15, 0.2) is 5.78 Å². The molecule has 2 rings (SSSR count). The van der Waals surface area contributed by atoms with Crippen LogP contribution in [0.25, 0.3) is 0 Å². The molecule has 1 fully saturated rings. The molecule has 0 aromatic heterocycles. The Labute approximate surface area is 106 Å². The molecule has 1 atom stereocenters. The van der Waals surface area contributed by atoms with Crippen molar-refractivity contribution in [2.24, 2.45) is 0 Å². The molecule has 4 nitrogen and oxygen atoms in total. The van der Waals surface area contributed by atoms with Crippen molar-refractivity contribution in [1.82, 2.24) is 5.32 Å². The van der Waals surface area contributed by atoms with Crippen LogP contribution in [0.15, 0.2) is 24.3 Å². The zero-order valence-electron chi connectivity index (χ0n) is 10.4. The number of benzene rings is 1. The quantitative estimate of drug-likeness (QED) is 0.830. The molecule has 96 valence electrons. The van der Waals surface area contributed by atoms with Crippen LogP contribution < -0.4 is 10.1 Å². The minimum atomic E-state index is -0.396.